The standard InChI is InChI=1S/C28H29ClFN3O3/c1-36-26-11-7-22(8-12-26)27(34)32-16-13-31(14-17-32)15-18-33(20-21-5-9-25(30)10-6-21)28(35)23-3-2-4-24(29)19-23/h2-12,19H,13-18,20H2,1H3. The van der Waals surface area contributed by atoms with Crippen LogP contribution in [-0.2, 0) is 6.54 Å². The van der Waals surface area contributed by atoms with Gasteiger partial charge in [0.05, 0.1) is 7.11 Å². The molecule has 0 spiro atoms. The minimum absolute atomic E-state index is 0.00590. The van der Waals surface area contributed by atoms with Gasteiger partial charge in [0, 0.05) is 62.0 Å². The van der Waals surface area contributed by atoms with Crippen molar-refractivity contribution in [3.05, 3.63) is 100 Å². The van der Waals surface area contributed by atoms with Gasteiger partial charge in [0.1, 0.15) is 11.6 Å². The number of piperazine rings is 1. The Morgan fingerprint density at radius 3 is 2.28 bits per heavy atom. The summed E-state index contributed by atoms with van der Waals surface area (Å²) in [6.45, 7) is 4.19. The lowest BCUT2D eigenvalue weighted by Crippen LogP contribution is -2.50. The van der Waals surface area contributed by atoms with E-state index in [1.54, 1.807) is 72.7 Å². The van der Waals surface area contributed by atoms with Gasteiger partial charge in [-0.3, -0.25) is 14.5 Å². The van der Waals surface area contributed by atoms with Crippen molar-refractivity contribution in [2.45, 2.75) is 6.54 Å². The lowest BCUT2D eigenvalue weighted by atomic mass is 10.1. The first-order valence-corrected chi connectivity index (χ1v) is 12.3. The molecule has 4 rings (SSSR count). The summed E-state index contributed by atoms with van der Waals surface area (Å²) in [4.78, 5) is 32.0. The number of hydrogen-bond acceptors (Lipinski definition) is 4. The van der Waals surface area contributed by atoms with Gasteiger partial charge < -0.3 is 14.5 Å². The van der Waals surface area contributed by atoms with E-state index in [1.807, 2.05) is 4.90 Å². The highest BCUT2D eigenvalue weighted by atomic mass is 35.5. The molecule has 0 radical (unpaired) electrons. The molecule has 6 nitrogen and oxygen atoms in total. The fraction of sp³-hybridized carbons (Fsp3) is 0.286. The lowest BCUT2D eigenvalue weighted by Gasteiger charge is -2.36. The first-order chi connectivity index (χ1) is 17.4. The van der Waals surface area contributed by atoms with Gasteiger partial charge in [0.25, 0.3) is 11.8 Å². The summed E-state index contributed by atoms with van der Waals surface area (Å²) in [6.07, 6.45) is 0. The molecule has 188 valence electrons. The summed E-state index contributed by atoms with van der Waals surface area (Å²) in [7, 11) is 1.60. The number of halogens is 2. The lowest BCUT2D eigenvalue weighted by molar-refractivity contribution is 0.0598. The van der Waals surface area contributed by atoms with Gasteiger partial charge in [-0.2, -0.15) is 0 Å². The monoisotopic (exact) mass is 509 g/mol. The highest BCUT2D eigenvalue weighted by Crippen LogP contribution is 2.17. The van der Waals surface area contributed by atoms with Gasteiger partial charge >= 0.3 is 0 Å². The summed E-state index contributed by atoms with van der Waals surface area (Å²) < 4.78 is 18.5. The Labute approximate surface area is 215 Å². The van der Waals surface area contributed by atoms with Gasteiger partial charge in [-0.1, -0.05) is 29.8 Å². The first-order valence-electron chi connectivity index (χ1n) is 11.9. The molecular weight excluding hydrogens is 481 g/mol. The van der Waals surface area contributed by atoms with Gasteiger partial charge in [-0.15, -0.1) is 0 Å². The fourth-order valence-corrected chi connectivity index (χ4v) is 4.41. The Kier molecular flexibility index (Phi) is 8.57. The van der Waals surface area contributed by atoms with E-state index in [1.165, 1.54) is 12.1 Å². The molecule has 0 bridgehead atoms. The fourth-order valence-electron chi connectivity index (χ4n) is 4.22. The number of rotatable bonds is 8. The minimum Gasteiger partial charge on any atom is -0.497 e. The number of nitrogens with zero attached hydrogens (tertiary/aromatic N) is 3. The molecule has 0 atom stereocenters. The molecule has 36 heavy (non-hydrogen) atoms. The molecule has 1 aliphatic heterocycles. The summed E-state index contributed by atoms with van der Waals surface area (Å²) in [6, 6.07) is 20.2. The Bertz CT molecular complexity index is 1180. The second-order valence-electron chi connectivity index (χ2n) is 8.73. The van der Waals surface area contributed by atoms with Crippen molar-refractivity contribution in [3.8, 4) is 5.75 Å². The average Bonchev–Trinajstić information content (AvgIpc) is 2.91. The van der Waals surface area contributed by atoms with Crippen LogP contribution in [0.15, 0.2) is 72.8 Å². The maximum atomic E-state index is 13.4. The molecular formula is C28H29ClFN3O3. The molecule has 0 unspecified atom stereocenters. The summed E-state index contributed by atoms with van der Waals surface area (Å²) >= 11 is 6.11. The van der Waals surface area contributed by atoms with Crippen LogP contribution in [0.25, 0.3) is 0 Å². The van der Waals surface area contributed by atoms with Gasteiger partial charge in [-0.05, 0) is 60.2 Å². The van der Waals surface area contributed by atoms with Crippen LogP contribution in [0, 0.1) is 5.82 Å². The van der Waals surface area contributed by atoms with Crippen molar-refractivity contribution < 1.29 is 18.7 Å². The van der Waals surface area contributed by atoms with Crippen LogP contribution in [0.2, 0.25) is 5.02 Å². The third-order valence-corrected chi connectivity index (χ3v) is 6.56. The molecule has 0 aromatic heterocycles. The van der Waals surface area contributed by atoms with Crippen molar-refractivity contribution in [2.24, 2.45) is 0 Å². The zero-order valence-electron chi connectivity index (χ0n) is 20.2. The van der Waals surface area contributed by atoms with Gasteiger partial charge in [-0.25, -0.2) is 4.39 Å². The van der Waals surface area contributed by atoms with Crippen LogP contribution in [0.4, 0.5) is 4.39 Å². The molecule has 0 saturated carbocycles. The summed E-state index contributed by atoms with van der Waals surface area (Å²) in [5, 5.41) is 0.500. The highest BCUT2D eigenvalue weighted by molar-refractivity contribution is 6.30. The van der Waals surface area contributed by atoms with Crippen molar-refractivity contribution in [2.75, 3.05) is 46.4 Å². The van der Waals surface area contributed by atoms with E-state index >= 15 is 0 Å². The topological polar surface area (TPSA) is 53.1 Å². The van der Waals surface area contributed by atoms with Crippen molar-refractivity contribution in [1.82, 2.24) is 14.7 Å². The Hall–Kier alpha value is -3.42. The molecule has 0 aliphatic carbocycles. The van der Waals surface area contributed by atoms with E-state index in [-0.39, 0.29) is 17.6 Å². The third-order valence-electron chi connectivity index (χ3n) is 6.33. The molecule has 8 heteroatoms. The molecule has 1 fully saturated rings. The quantitative estimate of drug-likeness (QED) is 0.446. The zero-order chi connectivity index (χ0) is 25.5. The van der Waals surface area contributed by atoms with E-state index in [2.05, 4.69) is 4.90 Å². The molecule has 1 aliphatic rings. The highest BCUT2D eigenvalue weighted by Gasteiger charge is 2.24. The second kappa shape index (κ2) is 12.0. The summed E-state index contributed by atoms with van der Waals surface area (Å²) in [5.74, 6) is 0.281. The predicted molar refractivity (Wildman–Crippen MR) is 138 cm³/mol. The van der Waals surface area contributed by atoms with Crippen molar-refractivity contribution >= 4 is 23.4 Å². The Balaban J connectivity index is 1.36. The summed E-state index contributed by atoms with van der Waals surface area (Å²) in [5.41, 5.74) is 2.00. The van der Waals surface area contributed by atoms with Crippen LogP contribution in [-0.4, -0.2) is 72.9 Å². The van der Waals surface area contributed by atoms with Crippen LogP contribution < -0.4 is 4.74 Å². The smallest absolute Gasteiger partial charge is 0.254 e. The number of benzene rings is 3. The maximum Gasteiger partial charge on any atom is 0.254 e. The number of amides is 2. The van der Waals surface area contributed by atoms with Crippen molar-refractivity contribution in [3.63, 3.8) is 0 Å². The molecule has 3 aromatic carbocycles. The average molecular weight is 510 g/mol. The number of hydrogen-bond donors (Lipinski definition) is 0. The minimum atomic E-state index is -0.312. The third kappa shape index (κ3) is 6.62. The molecule has 1 heterocycles. The normalized spacial score (nSPS) is 13.9. The predicted octanol–water partition coefficient (Wildman–Crippen LogP) is 4.59. The molecule has 1 saturated heterocycles. The van der Waals surface area contributed by atoms with Crippen LogP contribution in [0.1, 0.15) is 26.3 Å². The second-order valence-corrected chi connectivity index (χ2v) is 9.16. The molecule has 3 aromatic rings. The zero-order valence-corrected chi connectivity index (χ0v) is 21.0. The van der Waals surface area contributed by atoms with Gasteiger partial charge in [0.15, 0.2) is 0 Å². The molecule has 0 N–H and O–H groups in total. The first kappa shape index (κ1) is 25.7. The van der Waals surface area contributed by atoms with Crippen LogP contribution >= 0.6 is 11.6 Å². The number of carbonyl (C=O) groups is 2. The SMILES string of the molecule is COc1ccc(C(=O)N2CCN(CCN(Cc3ccc(F)cc3)C(=O)c3cccc(Cl)c3)CC2)cc1. The van der Waals surface area contributed by atoms with Gasteiger partial charge in [0.2, 0.25) is 0 Å². The van der Waals surface area contributed by atoms with Crippen LogP contribution in [0.5, 0.6) is 5.75 Å². The van der Waals surface area contributed by atoms with E-state index < -0.39 is 0 Å². The number of methoxy groups -OCH3 is 1. The number of ether oxygens (including phenoxy) is 1. The maximum absolute atomic E-state index is 13.4. The number of carbonyl (C=O) groups excluding carboxylic acids is 2. The Morgan fingerprint density at radius 2 is 1.64 bits per heavy atom. The van der Waals surface area contributed by atoms with E-state index in [4.69, 9.17) is 16.3 Å². The van der Waals surface area contributed by atoms with Crippen LogP contribution in [0.3, 0.4) is 0 Å². The van der Waals surface area contributed by atoms with E-state index in [0.717, 1.165) is 18.7 Å². The van der Waals surface area contributed by atoms with Crippen molar-refractivity contribution in [1.29, 1.82) is 0 Å². The Morgan fingerprint density at radius 1 is 0.944 bits per heavy atom. The van der Waals surface area contributed by atoms with E-state index in [0.29, 0.717) is 54.6 Å². The molecule has 2 amide bonds. The van der Waals surface area contributed by atoms with E-state index in [9.17, 15) is 14.0 Å². The largest absolute Gasteiger partial charge is 0.497 e.